The van der Waals surface area contributed by atoms with Crippen LogP contribution in [0.2, 0.25) is 0 Å². The molecule has 0 unspecified atom stereocenters. The first-order chi connectivity index (χ1) is 40.9. The van der Waals surface area contributed by atoms with Gasteiger partial charge < -0.3 is 0 Å². The predicted molar refractivity (Wildman–Crippen MR) is 368 cm³/mol. The van der Waals surface area contributed by atoms with E-state index >= 15 is 0 Å². The maximum absolute atomic E-state index is 5.23. The van der Waals surface area contributed by atoms with Crippen LogP contribution in [0.25, 0.3) is 101 Å². The Balaban J connectivity index is 0.905. The van der Waals surface area contributed by atoms with Crippen molar-refractivity contribution in [2.45, 2.75) is 157 Å². The van der Waals surface area contributed by atoms with Gasteiger partial charge in [0.25, 0.3) is 0 Å². The lowest BCUT2D eigenvalue weighted by atomic mass is 9.59. The average molecular weight is 1140 g/mol. The second kappa shape index (κ2) is 19.5. The number of rotatable bonds is 9. The van der Waals surface area contributed by atoms with Gasteiger partial charge in [-0.2, -0.15) is 0 Å². The lowest BCUT2D eigenvalue weighted by molar-refractivity contribution is 0.125. The highest BCUT2D eigenvalue weighted by molar-refractivity contribution is 5.94. The van der Waals surface area contributed by atoms with Crippen molar-refractivity contribution in [3.05, 3.63) is 234 Å². The zero-order valence-electron chi connectivity index (χ0n) is 54.9. The molecule has 13 rings (SSSR count). The minimum atomic E-state index is 0.00461. The van der Waals surface area contributed by atoms with E-state index in [1.165, 1.54) is 33.4 Å². The topological polar surface area (TPSA) is 38.7 Å². The van der Waals surface area contributed by atoms with Crippen LogP contribution in [0.5, 0.6) is 0 Å². The van der Waals surface area contributed by atoms with Crippen molar-refractivity contribution in [2.75, 3.05) is 0 Å². The van der Waals surface area contributed by atoms with Gasteiger partial charge in [-0.25, -0.2) is 0 Å². The Bertz CT molecular complexity index is 3920. The van der Waals surface area contributed by atoms with Gasteiger partial charge in [-0.1, -0.05) is 252 Å². The monoisotopic (exact) mass is 1140 g/mol. The Morgan fingerprint density at radius 1 is 0.195 bits per heavy atom. The van der Waals surface area contributed by atoms with Gasteiger partial charge in [-0.05, 0) is 187 Å². The SMILES string of the molecule is CC1(C)c2ccc(-c3ccc(-c4ccccc4-c4cc(-c5ccccc5-c5ccc(-c6ccc7c(c6)C(C)(C)C(C)(C)C7(C)C)nc5)cc(-c5ccccc5-c5ccc(-c6ccc7c(c6)C(C)(C)C(C)(C)C7(C)C)nc5)c4)cn3)cc2C(C)(C)C1(C)C. The normalized spacial score (nSPS) is 18.8. The first-order valence-corrected chi connectivity index (χ1v) is 31.7. The van der Waals surface area contributed by atoms with Crippen LogP contribution in [0.1, 0.15) is 158 Å². The molecule has 3 aromatic heterocycles. The zero-order valence-corrected chi connectivity index (χ0v) is 54.9. The van der Waals surface area contributed by atoms with Gasteiger partial charge in [-0.15, -0.1) is 0 Å². The Hall–Kier alpha value is -8.01. The Morgan fingerprint density at radius 2 is 0.402 bits per heavy atom. The van der Waals surface area contributed by atoms with Crippen LogP contribution in [0.3, 0.4) is 0 Å². The summed E-state index contributed by atoms with van der Waals surface area (Å²) in [5.41, 5.74) is 28.8. The third-order valence-electron chi connectivity index (χ3n) is 25.2. The number of pyridine rings is 3. The Labute approximate surface area is 519 Å². The Morgan fingerprint density at radius 3 is 0.621 bits per heavy atom. The molecule has 0 atom stereocenters. The van der Waals surface area contributed by atoms with Crippen molar-refractivity contribution in [3.8, 4) is 101 Å². The van der Waals surface area contributed by atoms with E-state index in [0.717, 1.165) is 101 Å². The zero-order chi connectivity index (χ0) is 61.8. The molecule has 87 heavy (non-hydrogen) atoms. The largest absolute Gasteiger partial charge is 0.256 e. The maximum atomic E-state index is 5.23. The number of hydrogen-bond donors (Lipinski definition) is 0. The molecule has 0 bridgehead atoms. The van der Waals surface area contributed by atoms with Gasteiger partial charge in [0.15, 0.2) is 0 Å². The second-order valence-electron chi connectivity index (χ2n) is 30.6. The molecule has 3 nitrogen and oxygen atoms in total. The summed E-state index contributed by atoms with van der Waals surface area (Å²) in [5, 5.41) is 0. The van der Waals surface area contributed by atoms with E-state index in [1.54, 1.807) is 0 Å². The second-order valence-corrected chi connectivity index (χ2v) is 30.6. The smallest absolute Gasteiger partial charge is 0.0702 e. The quantitative estimate of drug-likeness (QED) is 0.145. The standard InChI is InChI=1S/C84H87N3/c1-76(2)67-37-31-52(46-70(67)79(7,8)82(76,13)14)73-40-34-55(49-85-73)61-25-19-22-28-64(61)58-43-59(65-29-23-20-26-62(65)56-35-41-74(86-50-56)53-32-38-68-71(47-53)80(9,10)83(15,16)77(68,3)4)45-60(44-58)66-30-24-21-27-63(66)57-36-42-75(87-51-57)54-33-39-69-72(48-54)81(11,12)84(17,18)78(69,5)6/h19-51H,1-18H3. The first kappa shape index (κ1) is 58.0. The molecule has 0 saturated carbocycles. The van der Waals surface area contributed by atoms with E-state index in [9.17, 15) is 0 Å². The summed E-state index contributed by atoms with van der Waals surface area (Å²) in [6, 6.07) is 68.2. The maximum Gasteiger partial charge on any atom is 0.0702 e. The lowest BCUT2D eigenvalue weighted by Gasteiger charge is -2.44. The van der Waals surface area contributed by atoms with E-state index in [1.807, 2.05) is 0 Å². The number of benzene rings is 7. The van der Waals surface area contributed by atoms with Gasteiger partial charge in [0, 0.05) is 52.0 Å². The van der Waals surface area contributed by atoms with E-state index in [4.69, 9.17) is 15.0 Å². The summed E-state index contributed by atoms with van der Waals surface area (Å²) < 4.78 is 0. The summed E-state index contributed by atoms with van der Waals surface area (Å²) in [7, 11) is 0. The van der Waals surface area contributed by atoms with Gasteiger partial charge in [0.1, 0.15) is 0 Å². The minimum Gasteiger partial charge on any atom is -0.256 e. The summed E-state index contributed by atoms with van der Waals surface area (Å²) >= 11 is 0. The minimum absolute atomic E-state index is 0.00461. The summed E-state index contributed by atoms with van der Waals surface area (Å²) in [4.78, 5) is 15.7. The molecule has 7 aromatic carbocycles. The van der Waals surface area contributed by atoms with Crippen molar-refractivity contribution >= 4 is 0 Å². The summed E-state index contributed by atoms with van der Waals surface area (Å²) in [5.74, 6) is 0. The van der Waals surface area contributed by atoms with Crippen LogP contribution in [-0.4, -0.2) is 15.0 Å². The fourth-order valence-corrected chi connectivity index (χ4v) is 15.9. The van der Waals surface area contributed by atoms with Gasteiger partial charge >= 0.3 is 0 Å². The van der Waals surface area contributed by atoms with Gasteiger partial charge in [0.2, 0.25) is 0 Å². The fraction of sp³-hybridized carbons (Fsp3) is 0.321. The predicted octanol–water partition coefficient (Wildman–Crippen LogP) is 22.7. The van der Waals surface area contributed by atoms with Crippen molar-refractivity contribution in [2.24, 2.45) is 16.2 Å². The molecule has 3 aliphatic rings. The molecule has 0 aliphatic heterocycles. The van der Waals surface area contributed by atoms with Crippen LogP contribution in [0.15, 0.2) is 201 Å². The Kier molecular flexibility index (Phi) is 13.0. The molecular formula is C84H87N3. The first-order valence-electron chi connectivity index (χ1n) is 31.7. The van der Waals surface area contributed by atoms with E-state index < -0.39 is 0 Å². The molecule has 438 valence electrons. The van der Waals surface area contributed by atoms with Crippen LogP contribution < -0.4 is 0 Å². The molecule has 10 aromatic rings. The molecule has 0 spiro atoms. The molecular weight excluding hydrogens is 1050 g/mol. The van der Waals surface area contributed by atoms with Crippen molar-refractivity contribution in [3.63, 3.8) is 0 Å². The van der Waals surface area contributed by atoms with Crippen molar-refractivity contribution < 1.29 is 0 Å². The molecule has 0 N–H and O–H groups in total. The highest BCUT2D eigenvalue weighted by Gasteiger charge is 2.59. The van der Waals surface area contributed by atoms with E-state index in [2.05, 4.69) is 325 Å². The van der Waals surface area contributed by atoms with Crippen LogP contribution in [-0.2, 0) is 32.5 Å². The summed E-state index contributed by atoms with van der Waals surface area (Å²) in [6.45, 7) is 43.4. The van der Waals surface area contributed by atoms with Crippen LogP contribution >= 0.6 is 0 Å². The molecule has 0 radical (unpaired) electrons. The summed E-state index contributed by atoms with van der Waals surface area (Å²) in [6.07, 6.45) is 6.21. The highest BCUT2D eigenvalue weighted by atomic mass is 14.7. The molecule has 3 heterocycles. The van der Waals surface area contributed by atoms with Gasteiger partial charge in [0.05, 0.1) is 17.1 Å². The highest BCUT2D eigenvalue weighted by Crippen LogP contribution is 2.64. The molecule has 0 fully saturated rings. The fourth-order valence-electron chi connectivity index (χ4n) is 15.9. The average Bonchev–Trinajstić information content (AvgIpc) is 1.57. The van der Waals surface area contributed by atoms with Crippen molar-refractivity contribution in [1.29, 1.82) is 0 Å². The number of hydrogen-bond acceptors (Lipinski definition) is 3. The van der Waals surface area contributed by atoms with Crippen molar-refractivity contribution in [1.82, 2.24) is 15.0 Å². The molecule has 3 aliphatic carbocycles. The molecule has 0 amide bonds. The lowest BCUT2D eigenvalue weighted by Crippen LogP contribution is -2.42. The number of fused-ring (bicyclic) bond motifs is 3. The third-order valence-corrected chi connectivity index (χ3v) is 25.2. The van der Waals surface area contributed by atoms with Crippen LogP contribution in [0, 0.1) is 16.2 Å². The molecule has 3 heteroatoms. The van der Waals surface area contributed by atoms with Crippen LogP contribution in [0.4, 0.5) is 0 Å². The van der Waals surface area contributed by atoms with E-state index in [-0.39, 0.29) is 48.7 Å². The number of nitrogens with zero attached hydrogens (tertiary/aromatic N) is 3. The number of aromatic nitrogens is 3. The van der Waals surface area contributed by atoms with E-state index in [0.29, 0.717) is 0 Å². The van der Waals surface area contributed by atoms with Gasteiger partial charge in [-0.3, -0.25) is 15.0 Å². The third kappa shape index (κ3) is 8.37. The molecule has 0 saturated heterocycles.